The van der Waals surface area contributed by atoms with Crippen molar-refractivity contribution < 1.29 is 76.5 Å². The van der Waals surface area contributed by atoms with Crippen LogP contribution in [0, 0.1) is 0 Å². The Kier molecular flexibility index (Phi) is 14.5. The van der Waals surface area contributed by atoms with Crippen molar-refractivity contribution in [1.29, 1.82) is 0 Å². The minimum atomic E-state index is -0.364. The fraction of sp³-hybridized carbons (Fsp3) is 0.0800. The van der Waals surface area contributed by atoms with Crippen molar-refractivity contribution in [2.24, 2.45) is 0 Å². The number of hydrogen-bond donors (Lipinski definition) is 2. The van der Waals surface area contributed by atoms with E-state index in [1.54, 1.807) is 0 Å². The molecule has 0 spiro atoms. The van der Waals surface area contributed by atoms with Crippen LogP contribution < -0.4 is 66.3 Å². The molecule has 0 radical (unpaired) electrons. The molecular formula is C100H62O16. The van der Waals surface area contributed by atoms with E-state index in [0.717, 1.165) is 109 Å². The molecule has 2 N–H and O–H groups in total. The van der Waals surface area contributed by atoms with Crippen LogP contribution in [-0.4, -0.2) is 51.0 Å². The Bertz CT molecular complexity index is 6890. The van der Waals surface area contributed by atoms with Crippen molar-refractivity contribution in [1.82, 2.24) is 0 Å². The first kappa shape index (κ1) is 65.5. The van der Waals surface area contributed by atoms with Gasteiger partial charge in [-0.25, -0.2) is 0 Å². The highest BCUT2D eigenvalue weighted by molar-refractivity contribution is 6.28. The van der Waals surface area contributed by atoms with Crippen LogP contribution in [-0.2, 0) is 13.2 Å². The molecule has 6 aliphatic heterocycles. The summed E-state index contributed by atoms with van der Waals surface area (Å²) in [4.78, 5) is 0. The summed E-state index contributed by atoms with van der Waals surface area (Å²) in [6.45, 7) is -0.910. The van der Waals surface area contributed by atoms with E-state index in [-0.39, 0.29) is 63.8 Å². The first-order valence-corrected chi connectivity index (χ1v) is 38.4. The van der Waals surface area contributed by atoms with E-state index in [9.17, 15) is 10.2 Å². The molecule has 0 amide bonds. The molecule has 0 bridgehead atoms. The van der Waals surface area contributed by atoms with Gasteiger partial charge >= 0.3 is 0 Å². The molecule has 558 valence electrons. The molecule has 0 saturated heterocycles. The quantitative estimate of drug-likeness (QED) is 0.154. The van der Waals surface area contributed by atoms with Gasteiger partial charge in [0.2, 0.25) is 40.8 Å². The van der Waals surface area contributed by atoms with Crippen LogP contribution in [0.1, 0.15) is 11.1 Å². The second-order valence-electron chi connectivity index (χ2n) is 29.3. The predicted molar refractivity (Wildman–Crippen MR) is 446 cm³/mol. The lowest BCUT2D eigenvalue weighted by Gasteiger charge is -2.24. The lowest BCUT2D eigenvalue weighted by molar-refractivity contribution is 0.0898. The molecule has 0 unspecified atom stereocenters. The largest absolute Gasteiger partial charge is 0.504 e. The van der Waals surface area contributed by atoms with Gasteiger partial charge in [0.15, 0.2) is 92.0 Å². The van der Waals surface area contributed by atoms with Crippen molar-refractivity contribution in [3.63, 3.8) is 0 Å². The summed E-state index contributed by atoms with van der Waals surface area (Å²) < 4.78 is 96.2. The van der Waals surface area contributed by atoms with E-state index in [0.29, 0.717) is 148 Å². The van der Waals surface area contributed by atoms with Gasteiger partial charge in [0, 0.05) is 77.9 Å². The van der Waals surface area contributed by atoms with E-state index in [1.165, 1.54) is 0 Å². The predicted octanol–water partition coefficient (Wildman–Crippen LogP) is 23.5. The molecular weight excluding hydrogens is 1460 g/mol. The third kappa shape index (κ3) is 9.55. The molecule has 24 rings (SSSR count). The van der Waals surface area contributed by atoms with Crippen molar-refractivity contribution in [2.45, 2.75) is 13.2 Å². The summed E-state index contributed by atoms with van der Waals surface area (Å²) in [5, 5.41) is 40.4. The van der Waals surface area contributed by atoms with Crippen molar-refractivity contribution in [3.8, 4) is 170 Å². The first-order valence-electron chi connectivity index (χ1n) is 38.4. The van der Waals surface area contributed by atoms with E-state index in [1.807, 2.05) is 194 Å². The van der Waals surface area contributed by atoms with E-state index >= 15 is 0 Å². The highest BCUT2D eigenvalue weighted by Gasteiger charge is 2.42. The second-order valence-corrected chi connectivity index (χ2v) is 29.3. The maximum absolute atomic E-state index is 13.7. The van der Waals surface area contributed by atoms with Gasteiger partial charge < -0.3 is 76.5 Å². The van der Waals surface area contributed by atoms with Gasteiger partial charge in [-0.3, -0.25) is 0 Å². The molecule has 116 heavy (non-hydrogen) atoms. The molecule has 18 aromatic rings. The summed E-state index contributed by atoms with van der Waals surface area (Å²) >= 11 is 0. The van der Waals surface area contributed by atoms with Crippen LogP contribution in [0.2, 0.25) is 0 Å². The average molecular weight is 1520 g/mol. The Morgan fingerprint density at radius 1 is 0.190 bits per heavy atom. The Hall–Kier alpha value is -15.2. The van der Waals surface area contributed by atoms with Crippen LogP contribution in [0.5, 0.6) is 92.0 Å². The zero-order valence-electron chi connectivity index (χ0n) is 61.7. The van der Waals surface area contributed by atoms with Crippen LogP contribution in [0.25, 0.3) is 164 Å². The van der Waals surface area contributed by atoms with Crippen molar-refractivity contribution >= 4 is 86.2 Å². The maximum atomic E-state index is 13.7. The van der Waals surface area contributed by atoms with Gasteiger partial charge in [0.1, 0.15) is 13.2 Å². The lowest BCUT2D eigenvalue weighted by atomic mass is 9.81. The Balaban J connectivity index is 0.683. The summed E-state index contributed by atoms with van der Waals surface area (Å²) in [5.74, 6) is 5.37. The summed E-state index contributed by atoms with van der Waals surface area (Å²) in [6.07, 6.45) is 0. The van der Waals surface area contributed by atoms with Gasteiger partial charge in [0.05, 0.1) is 0 Å². The monoisotopic (exact) mass is 1520 g/mol. The SMILES string of the molecule is Oc1c2c(c3ccccc3c1-c1c(O)c3c(c4ccccc14)-c1c(c4c(c5ccccc15)-c1c(c5c(c6ccccc16)-c1c(c(OCc6ccccc6)cc6ccccc16)OCO5)OCO4)OCO3)-c1c(c3c(c4ccccc14)-c1c(c4c(c5ccccc15)-c1c(c(OCc5ccccc5)cc5ccccc15)OCO4)OCO3)OCO2. The highest BCUT2D eigenvalue weighted by Crippen LogP contribution is 2.68. The van der Waals surface area contributed by atoms with Crippen LogP contribution in [0.3, 0.4) is 0 Å². The number of rotatable bonds is 7. The number of ether oxygens (including phenoxy) is 14. The minimum absolute atomic E-state index is 0.119. The molecule has 18 aromatic carbocycles. The summed E-state index contributed by atoms with van der Waals surface area (Å²) in [5.41, 5.74) is 10.9. The molecule has 0 fully saturated rings. The third-order valence-corrected chi connectivity index (χ3v) is 23.4. The fourth-order valence-corrected chi connectivity index (χ4v) is 18.7. The minimum Gasteiger partial charge on any atom is -0.504 e. The van der Waals surface area contributed by atoms with Crippen molar-refractivity contribution in [3.05, 3.63) is 278 Å². The topological polar surface area (TPSA) is 170 Å². The Morgan fingerprint density at radius 3 is 0.621 bits per heavy atom. The lowest BCUT2D eigenvalue weighted by Crippen LogP contribution is -2.09. The fourth-order valence-electron chi connectivity index (χ4n) is 18.7. The molecule has 16 nitrogen and oxygen atoms in total. The van der Waals surface area contributed by atoms with E-state index in [2.05, 4.69) is 72.8 Å². The molecule has 6 heterocycles. The number of aromatic hydroxyl groups is 2. The Labute approximate surface area is 660 Å². The summed E-state index contributed by atoms with van der Waals surface area (Å²) in [6, 6.07) is 89.0. The third-order valence-electron chi connectivity index (χ3n) is 23.4. The van der Waals surface area contributed by atoms with E-state index in [4.69, 9.17) is 66.3 Å². The normalized spacial score (nSPS) is 13.8. The molecule has 0 aliphatic carbocycles. The Morgan fingerprint density at radius 2 is 0.371 bits per heavy atom. The molecule has 16 heteroatoms. The second kappa shape index (κ2) is 25.7. The van der Waals surface area contributed by atoms with Crippen LogP contribution in [0.4, 0.5) is 0 Å². The molecule has 6 aliphatic rings. The van der Waals surface area contributed by atoms with Crippen LogP contribution >= 0.6 is 0 Å². The number of fused-ring (bicyclic) bond motifs is 42. The zero-order valence-corrected chi connectivity index (χ0v) is 61.7. The van der Waals surface area contributed by atoms with Crippen molar-refractivity contribution in [2.75, 3.05) is 40.8 Å². The highest BCUT2D eigenvalue weighted by atomic mass is 16.7. The van der Waals surface area contributed by atoms with Crippen LogP contribution in [0.15, 0.2) is 267 Å². The van der Waals surface area contributed by atoms with Gasteiger partial charge in [-0.15, -0.1) is 0 Å². The van der Waals surface area contributed by atoms with Gasteiger partial charge in [-0.05, 0) is 109 Å². The standard InChI is InChI=1S/C100H62O16/c101-87-73(59-31-11-13-33-61(59)77-81-65-37-17-21-41-69(65)85-83-67-39-19-15-35-63(67)79-75-57-29-9-7-27-55(57)43-71(103-45-53-23-3-1-4-24-53)89(75)105-47-109-93(79)97(83)113-51-115-99(85)95(81)111-49-107-91(77)87)74-60-32-12-14-34-62(60)78-82-66-38-18-22-42-70(66)86-84-68-40-20-16-36-64(68)80-76-58-30-10-8-28-56(58)44-72(104-46-54-25-5-2-6-26-54)90(76)106-48-110-94(80)98(84)114-52-116-100(86)96(82)112-50-108-92(78)88(74)102/h1-44,101-102H,45-52H2. The van der Waals surface area contributed by atoms with Gasteiger partial charge in [-0.1, -0.05) is 255 Å². The van der Waals surface area contributed by atoms with Gasteiger partial charge in [-0.2, -0.15) is 0 Å². The molecule has 0 aromatic heterocycles. The maximum Gasteiger partial charge on any atom is 0.231 e. The molecule has 0 saturated carbocycles. The number of phenolic OH excluding ortho intramolecular Hbond substituents is 2. The molecule has 0 atom stereocenters. The number of phenols is 2. The number of benzene rings is 18. The smallest absolute Gasteiger partial charge is 0.231 e. The van der Waals surface area contributed by atoms with E-state index < -0.39 is 0 Å². The zero-order chi connectivity index (χ0) is 76.4. The van der Waals surface area contributed by atoms with Gasteiger partial charge in [0.25, 0.3) is 0 Å². The first-order chi connectivity index (χ1) is 57.5. The summed E-state index contributed by atoms with van der Waals surface area (Å²) in [7, 11) is 0. The number of hydrogen-bond acceptors (Lipinski definition) is 16. The average Bonchev–Trinajstić information content (AvgIpc) is 1.34.